The van der Waals surface area contributed by atoms with Gasteiger partial charge in [0.2, 0.25) is 0 Å². The Balaban J connectivity index is 4.29. The molecule has 0 bridgehead atoms. The summed E-state index contributed by atoms with van der Waals surface area (Å²) in [5.74, 6) is -1.51. The lowest BCUT2D eigenvalue weighted by Crippen LogP contribution is -2.50. The third kappa shape index (κ3) is 31.8. The van der Waals surface area contributed by atoms with Crippen LogP contribution in [0.5, 0.6) is 0 Å². The van der Waals surface area contributed by atoms with E-state index in [0.29, 0.717) is 19.3 Å². The lowest BCUT2D eigenvalue weighted by Gasteiger charge is -2.31. The maximum Gasteiger partial charge on any atom is 0.362 e. The smallest absolute Gasteiger partial charge is 0.362 e. The number of carboxylic acid groups (broad SMARTS) is 1. The zero-order valence-corrected chi connectivity index (χ0v) is 33.1. The molecule has 2 unspecified atom stereocenters. The average molecular weight is 709 g/mol. The van der Waals surface area contributed by atoms with Crippen molar-refractivity contribution in [1.82, 2.24) is 0 Å². The number of carbonyl (C=O) groups is 3. The van der Waals surface area contributed by atoms with Gasteiger partial charge in [-0.3, -0.25) is 9.59 Å². The molecule has 8 nitrogen and oxygen atoms in total. The molecule has 2 atom stereocenters. The van der Waals surface area contributed by atoms with Crippen LogP contribution in [0.4, 0.5) is 0 Å². The highest BCUT2D eigenvalue weighted by molar-refractivity contribution is 5.72. The van der Waals surface area contributed by atoms with E-state index in [1.54, 1.807) is 0 Å². The molecule has 0 radical (unpaired) electrons. The number of carboxylic acids is 1. The predicted molar refractivity (Wildman–Crippen MR) is 206 cm³/mol. The maximum atomic E-state index is 12.6. The van der Waals surface area contributed by atoms with Crippen molar-refractivity contribution in [3.63, 3.8) is 0 Å². The molecule has 0 heterocycles. The molecule has 0 saturated heterocycles. The highest BCUT2D eigenvalue weighted by Gasteiger charge is 2.31. The van der Waals surface area contributed by atoms with E-state index in [1.807, 2.05) is 21.1 Å². The Morgan fingerprint density at radius 3 is 1.64 bits per heavy atom. The van der Waals surface area contributed by atoms with Crippen LogP contribution in [0.2, 0.25) is 0 Å². The number of likely N-dealkylation sites (N-methyl/N-ethyl adjacent to an activating group) is 1. The first-order valence-corrected chi connectivity index (χ1v) is 20.4. The maximum absolute atomic E-state index is 12.6. The van der Waals surface area contributed by atoms with Crippen LogP contribution in [-0.4, -0.2) is 80.6 Å². The van der Waals surface area contributed by atoms with Crippen LogP contribution >= 0.6 is 0 Å². The van der Waals surface area contributed by atoms with Gasteiger partial charge in [0.05, 0.1) is 34.4 Å². The molecular formula is C42H78NO7+. The molecule has 1 N–H and O–H groups in total. The van der Waals surface area contributed by atoms with E-state index < -0.39 is 18.1 Å². The number of carbonyl (C=O) groups excluding carboxylic acids is 2. The predicted octanol–water partition coefficient (Wildman–Crippen LogP) is 10.5. The number of esters is 2. The first-order valence-electron chi connectivity index (χ1n) is 20.4. The van der Waals surface area contributed by atoms with Crippen molar-refractivity contribution in [2.24, 2.45) is 0 Å². The molecule has 0 spiro atoms. The van der Waals surface area contributed by atoms with Crippen molar-refractivity contribution >= 4 is 17.9 Å². The van der Waals surface area contributed by atoms with Gasteiger partial charge in [-0.05, 0) is 38.5 Å². The highest BCUT2D eigenvalue weighted by Crippen LogP contribution is 2.15. The van der Waals surface area contributed by atoms with Gasteiger partial charge < -0.3 is 23.8 Å². The molecule has 0 rings (SSSR count). The third-order valence-corrected chi connectivity index (χ3v) is 9.12. The molecular weight excluding hydrogens is 630 g/mol. The van der Waals surface area contributed by atoms with Gasteiger partial charge in [0.1, 0.15) is 6.61 Å². The minimum atomic E-state index is -0.880. The highest BCUT2D eigenvalue weighted by atomic mass is 16.6. The number of hydrogen-bond donors (Lipinski definition) is 1. The fourth-order valence-corrected chi connectivity index (χ4v) is 5.95. The quantitative estimate of drug-likeness (QED) is 0.0299. The van der Waals surface area contributed by atoms with Crippen molar-refractivity contribution in [2.75, 3.05) is 41.0 Å². The zero-order chi connectivity index (χ0) is 37.1. The Morgan fingerprint density at radius 2 is 1.12 bits per heavy atom. The number of hydrogen-bond acceptors (Lipinski definition) is 6. The number of unbranched alkanes of at least 4 members (excludes halogenated alkanes) is 18. The zero-order valence-electron chi connectivity index (χ0n) is 33.1. The third-order valence-electron chi connectivity index (χ3n) is 9.12. The standard InChI is InChI=1S/C42H77NO7/c1-6-8-10-12-14-16-17-18-19-20-21-22-23-25-26-28-30-32-40(44)49-37-38(36-48-35-34-39(42(46)47)43(3,4)5)50-41(45)33-31-29-27-24-15-13-11-9-7-2/h9,11,15,24,38-39H,6-8,10,12-14,16-23,25-37H2,1-5H3/p+1/b11-9+,24-15+. The van der Waals surface area contributed by atoms with Gasteiger partial charge in [-0.25, -0.2) is 4.79 Å². The number of aliphatic carboxylic acids is 1. The fraction of sp³-hybridized carbons (Fsp3) is 0.833. The minimum absolute atomic E-state index is 0.0512. The Morgan fingerprint density at radius 1 is 0.620 bits per heavy atom. The van der Waals surface area contributed by atoms with Gasteiger partial charge in [-0.2, -0.15) is 0 Å². The summed E-state index contributed by atoms with van der Waals surface area (Å²) in [6, 6.07) is -0.616. The Bertz CT molecular complexity index is 880. The van der Waals surface area contributed by atoms with Crippen LogP contribution in [0.25, 0.3) is 0 Å². The molecule has 8 heteroatoms. The van der Waals surface area contributed by atoms with E-state index >= 15 is 0 Å². The van der Waals surface area contributed by atoms with Crippen LogP contribution in [0.1, 0.15) is 174 Å². The van der Waals surface area contributed by atoms with Crippen LogP contribution in [-0.2, 0) is 28.6 Å². The Kier molecular flexibility index (Phi) is 32.4. The molecule has 0 aromatic rings. The molecule has 0 aromatic heterocycles. The Hall–Kier alpha value is -2.19. The van der Waals surface area contributed by atoms with Gasteiger partial charge in [0.25, 0.3) is 0 Å². The number of ether oxygens (including phenoxy) is 3. The minimum Gasteiger partial charge on any atom is -0.477 e. The molecule has 0 aliphatic carbocycles. The SMILES string of the molecule is CC/C=C/C/C=C/CCCCC(=O)OC(COCCC(C(=O)O)[N+](C)(C)C)COC(=O)CCCCCCCCCCCCCCCCCCC. The summed E-state index contributed by atoms with van der Waals surface area (Å²) in [6.07, 6.45) is 35.2. The van der Waals surface area contributed by atoms with E-state index in [0.717, 1.165) is 44.9 Å². The summed E-state index contributed by atoms with van der Waals surface area (Å²) in [4.78, 5) is 36.7. The molecule has 0 aliphatic heterocycles. The topological polar surface area (TPSA) is 99.1 Å². The van der Waals surface area contributed by atoms with Crippen molar-refractivity contribution in [3.8, 4) is 0 Å². The van der Waals surface area contributed by atoms with E-state index in [2.05, 4.69) is 38.2 Å². The van der Waals surface area contributed by atoms with Crippen LogP contribution in [0, 0.1) is 0 Å². The van der Waals surface area contributed by atoms with Gasteiger partial charge in [-0.15, -0.1) is 0 Å². The number of rotatable bonds is 36. The van der Waals surface area contributed by atoms with Crippen LogP contribution < -0.4 is 0 Å². The van der Waals surface area contributed by atoms with Crippen molar-refractivity contribution < 1.29 is 38.2 Å². The van der Waals surface area contributed by atoms with E-state index in [4.69, 9.17) is 14.2 Å². The van der Waals surface area contributed by atoms with Crippen molar-refractivity contribution in [3.05, 3.63) is 24.3 Å². The fourth-order valence-electron chi connectivity index (χ4n) is 5.95. The molecule has 292 valence electrons. The van der Waals surface area contributed by atoms with Gasteiger partial charge in [0, 0.05) is 19.3 Å². The van der Waals surface area contributed by atoms with Crippen molar-refractivity contribution in [1.29, 1.82) is 0 Å². The summed E-state index contributed by atoms with van der Waals surface area (Å²) in [7, 11) is 5.51. The first kappa shape index (κ1) is 47.8. The molecule has 0 saturated carbocycles. The van der Waals surface area contributed by atoms with Gasteiger partial charge >= 0.3 is 17.9 Å². The largest absolute Gasteiger partial charge is 0.477 e. The lowest BCUT2D eigenvalue weighted by atomic mass is 10.0. The van der Waals surface area contributed by atoms with Gasteiger partial charge in [0.15, 0.2) is 12.1 Å². The molecule has 0 fully saturated rings. The second-order valence-corrected chi connectivity index (χ2v) is 14.9. The summed E-state index contributed by atoms with van der Waals surface area (Å²) >= 11 is 0. The summed E-state index contributed by atoms with van der Waals surface area (Å²) in [5, 5.41) is 9.58. The van der Waals surface area contributed by atoms with Crippen LogP contribution in [0.3, 0.4) is 0 Å². The van der Waals surface area contributed by atoms with Crippen LogP contribution in [0.15, 0.2) is 24.3 Å². The Labute approximate surface area is 307 Å². The summed E-state index contributed by atoms with van der Waals surface area (Å²) < 4.78 is 17.2. The normalized spacial score (nSPS) is 13.2. The summed E-state index contributed by atoms with van der Waals surface area (Å²) in [6.45, 7) is 4.58. The average Bonchev–Trinajstić information content (AvgIpc) is 3.06. The van der Waals surface area contributed by atoms with E-state index in [-0.39, 0.29) is 42.7 Å². The first-order chi connectivity index (χ1) is 24.1. The second kappa shape index (κ2) is 33.9. The monoisotopic (exact) mass is 709 g/mol. The van der Waals surface area contributed by atoms with Crippen molar-refractivity contribution in [2.45, 2.75) is 187 Å². The van der Waals surface area contributed by atoms with Gasteiger partial charge in [-0.1, -0.05) is 141 Å². The summed E-state index contributed by atoms with van der Waals surface area (Å²) in [5.41, 5.74) is 0. The van der Waals surface area contributed by atoms with E-state index in [9.17, 15) is 19.5 Å². The number of allylic oxidation sites excluding steroid dienone is 4. The second-order valence-electron chi connectivity index (χ2n) is 14.9. The molecule has 0 amide bonds. The lowest BCUT2D eigenvalue weighted by molar-refractivity contribution is -0.887. The van der Waals surface area contributed by atoms with E-state index in [1.165, 1.54) is 89.9 Å². The number of quaternary nitrogens is 1. The molecule has 0 aliphatic rings. The molecule has 0 aromatic carbocycles. The molecule has 50 heavy (non-hydrogen) atoms. The number of nitrogens with zero attached hydrogens (tertiary/aromatic N) is 1.